The minimum absolute atomic E-state index is 0.0449. The van der Waals surface area contributed by atoms with Crippen molar-refractivity contribution in [3.8, 4) is 5.75 Å². The van der Waals surface area contributed by atoms with E-state index in [1.807, 2.05) is 0 Å². The number of rotatable bonds is 7. The molecule has 2 bridgehead atoms. The van der Waals surface area contributed by atoms with Gasteiger partial charge >= 0.3 is 5.97 Å². The van der Waals surface area contributed by atoms with Crippen LogP contribution in [0.25, 0.3) is 0 Å². The highest BCUT2D eigenvalue weighted by Gasteiger charge is 2.51. The van der Waals surface area contributed by atoms with Gasteiger partial charge in [-0.3, -0.25) is 9.52 Å². The Morgan fingerprint density at radius 3 is 2.51 bits per heavy atom. The summed E-state index contributed by atoms with van der Waals surface area (Å²) in [6, 6.07) is 8.76. The van der Waals surface area contributed by atoms with Gasteiger partial charge in [0.25, 0.3) is 15.9 Å². The molecular formula is C26H30Cl2N2O6S. The van der Waals surface area contributed by atoms with Crippen LogP contribution in [0.2, 0.25) is 10.0 Å². The Kier molecular flexibility index (Phi) is 7.44. The molecule has 0 aromatic heterocycles. The van der Waals surface area contributed by atoms with Gasteiger partial charge in [0.05, 0.1) is 28.4 Å². The molecule has 2 fully saturated rings. The molecular weight excluding hydrogens is 539 g/mol. The Balaban J connectivity index is 1.50. The largest absolute Gasteiger partial charge is 0.495 e. The van der Waals surface area contributed by atoms with Crippen LogP contribution in [0.4, 0.5) is 5.69 Å². The van der Waals surface area contributed by atoms with Gasteiger partial charge in [-0.1, -0.05) is 56.1 Å². The first kappa shape index (κ1) is 27.5. The quantitative estimate of drug-likeness (QED) is 0.449. The molecule has 8 nitrogen and oxygen atoms in total. The molecule has 4 rings (SSSR count). The van der Waals surface area contributed by atoms with Crippen molar-refractivity contribution in [2.24, 2.45) is 10.8 Å². The van der Waals surface area contributed by atoms with E-state index < -0.39 is 22.6 Å². The van der Waals surface area contributed by atoms with E-state index in [9.17, 15) is 18.0 Å². The molecule has 200 valence electrons. The molecule has 2 unspecified atom stereocenters. The third-order valence-electron chi connectivity index (χ3n) is 6.94. The van der Waals surface area contributed by atoms with E-state index in [0.29, 0.717) is 12.3 Å². The lowest BCUT2D eigenvalue weighted by Gasteiger charge is -2.39. The van der Waals surface area contributed by atoms with Crippen molar-refractivity contribution in [1.29, 1.82) is 0 Å². The van der Waals surface area contributed by atoms with E-state index in [0.717, 1.165) is 31.4 Å². The summed E-state index contributed by atoms with van der Waals surface area (Å²) in [5.41, 5.74) is 0.161. The van der Waals surface area contributed by atoms with Crippen molar-refractivity contribution < 1.29 is 27.5 Å². The van der Waals surface area contributed by atoms with E-state index in [2.05, 4.69) is 25.5 Å². The van der Waals surface area contributed by atoms with Crippen LogP contribution in [-0.4, -0.2) is 51.5 Å². The maximum absolute atomic E-state index is 13.1. The average Bonchev–Trinajstić information content (AvgIpc) is 3.05. The molecule has 2 aromatic carbocycles. The molecule has 37 heavy (non-hydrogen) atoms. The van der Waals surface area contributed by atoms with Crippen molar-refractivity contribution in [3.63, 3.8) is 0 Å². The second kappa shape index (κ2) is 10.0. The number of carbonyl (C=O) groups excluding carboxylic acids is 2. The fourth-order valence-electron chi connectivity index (χ4n) is 5.86. The summed E-state index contributed by atoms with van der Waals surface area (Å²) in [5.74, 6) is -0.897. The minimum atomic E-state index is -4.23. The number of nitrogens with one attached hydrogen (secondary N) is 1. The number of carbonyl (C=O) groups is 2. The van der Waals surface area contributed by atoms with Gasteiger partial charge in [0.15, 0.2) is 6.61 Å². The van der Waals surface area contributed by atoms with Crippen molar-refractivity contribution >= 4 is 50.8 Å². The Bertz CT molecular complexity index is 1350. The molecule has 1 N–H and O–H groups in total. The summed E-state index contributed by atoms with van der Waals surface area (Å²) in [4.78, 5) is 27.3. The van der Waals surface area contributed by atoms with Gasteiger partial charge in [-0.2, -0.15) is 0 Å². The second-order valence-corrected chi connectivity index (χ2v) is 13.3. The van der Waals surface area contributed by atoms with Crippen molar-refractivity contribution in [1.82, 2.24) is 4.90 Å². The smallest absolute Gasteiger partial charge is 0.340 e. The van der Waals surface area contributed by atoms with E-state index in [4.69, 9.17) is 32.7 Å². The molecule has 2 aliphatic rings. The number of hydrogen-bond donors (Lipinski definition) is 1. The van der Waals surface area contributed by atoms with Crippen LogP contribution >= 0.6 is 23.2 Å². The number of hydrogen-bond acceptors (Lipinski definition) is 6. The highest BCUT2D eigenvalue weighted by Crippen LogP contribution is 2.52. The zero-order valence-electron chi connectivity index (χ0n) is 21.1. The predicted octanol–water partition coefficient (Wildman–Crippen LogP) is 5.39. The van der Waals surface area contributed by atoms with Crippen LogP contribution in [0.3, 0.4) is 0 Å². The Morgan fingerprint density at radius 1 is 1.11 bits per heavy atom. The monoisotopic (exact) mass is 568 g/mol. The number of methoxy groups -OCH3 is 1. The third kappa shape index (κ3) is 5.84. The van der Waals surface area contributed by atoms with Crippen LogP contribution < -0.4 is 9.46 Å². The summed E-state index contributed by atoms with van der Waals surface area (Å²) >= 11 is 12.4. The summed E-state index contributed by atoms with van der Waals surface area (Å²) in [6.45, 7) is 6.77. The van der Waals surface area contributed by atoms with Crippen LogP contribution in [0, 0.1) is 10.8 Å². The number of ether oxygens (including phenoxy) is 2. The van der Waals surface area contributed by atoms with Crippen LogP contribution in [0.1, 0.15) is 50.4 Å². The average molecular weight is 570 g/mol. The number of sulfonamides is 1. The highest BCUT2D eigenvalue weighted by molar-refractivity contribution is 7.92. The first-order valence-corrected chi connectivity index (χ1v) is 14.1. The molecule has 1 aliphatic heterocycles. The highest BCUT2D eigenvalue weighted by atomic mass is 35.5. The Morgan fingerprint density at radius 2 is 1.81 bits per heavy atom. The molecule has 1 saturated heterocycles. The van der Waals surface area contributed by atoms with Crippen molar-refractivity contribution in [2.45, 2.75) is 51.0 Å². The Hall–Kier alpha value is -2.49. The maximum atomic E-state index is 13.1. The predicted molar refractivity (Wildman–Crippen MR) is 142 cm³/mol. The van der Waals surface area contributed by atoms with Gasteiger partial charge in [-0.15, -0.1) is 0 Å². The van der Waals surface area contributed by atoms with Gasteiger partial charge in [0.1, 0.15) is 10.6 Å². The number of benzene rings is 2. The number of likely N-dealkylation sites (tertiary alicyclic amines) is 1. The maximum Gasteiger partial charge on any atom is 0.340 e. The molecule has 1 saturated carbocycles. The van der Waals surface area contributed by atoms with Gasteiger partial charge in [-0.05, 0) is 54.4 Å². The van der Waals surface area contributed by atoms with Gasteiger partial charge in [0.2, 0.25) is 0 Å². The van der Waals surface area contributed by atoms with Crippen LogP contribution in [0.5, 0.6) is 5.75 Å². The standard InChI is InChI=1S/C26H30Cl2N2O6S/c1-25(2)11-16-12-26(3,14-25)15-30(16)23(31)13-36-24(32)17-9-22(19(28)10-18(17)27)37(33,34)29-20-7-5-6-8-21(20)35-4/h5-10,16,29H,11-15H2,1-4H3. The first-order valence-electron chi connectivity index (χ1n) is 11.9. The molecule has 0 spiro atoms. The summed E-state index contributed by atoms with van der Waals surface area (Å²) in [7, 11) is -2.81. The van der Waals surface area contributed by atoms with Gasteiger partial charge < -0.3 is 14.4 Å². The molecule has 2 atom stereocenters. The van der Waals surface area contributed by atoms with Crippen LogP contribution in [0.15, 0.2) is 41.3 Å². The number of halogens is 2. The number of nitrogens with zero attached hydrogens (tertiary/aromatic N) is 1. The summed E-state index contributed by atoms with van der Waals surface area (Å²) in [6.07, 6.45) is 2.85. The number of amides is 1. The molecule has 0 radical (unpaired) electrons. The van der Waals surface area contributed by atoms with Gasteiger partial charge in [-0.25, -0.2) is 13.2 Å². The zero-order valence-corrected chi connectivity index (χ0v) is 23.5. The minimum Gasteiger partial charge on any atom is -0.495 e. The lowest BCUT2D eigenvalue weighted by atomic mass is 9.65. The van der Waals surface area contributed by atoms with E-state index in [1.165, 1.54) is 13.2 Å². The van der Waals surface area contributed by atoms with Gasteiger partial charge in [0, 0.05) is 12.6 Å². The summed E-state index contributed by atoms with van der Waals surface area (Å²) in [5, 5.41) is -0.273. The normalized spacial score (nSPS) is 22.4. The number of para-hydroxylation sites is 2. The second-order valence-electron chi connectivity index (χ2n) is 10.9. The van der Waals surface area contributed by atoms with E-state index >= 15 is 0 Å². The number of esters is 1. The van der Waals surface area contributed by atoms with E-state index in [-0.39, 0.29) is 49.0 Å². The topological polar surface area (TPSA) is 102 Å². The molecule has 1 aliphatic carbocycles. The molecule has 1 heterocycles. The van der Waals surface area contributed by atoms with Crippen molar-refractivity contribution in [3.05, 3.63) is 52.0 Å². The fourth-order valence-corrected chi connectivity index (χ4v) is 7.78. The SMILES string of the molecule is COc1ccccc1NS(=O)(=O)c1cc(C(=O)OCC(=O)N2CC3(C)CC2CC(C)(C)C3)c(Cl)cc1Cl. The van der Waals surface area contributed by atoms with Crippen molar-refractivity contribution in [2.75, 3.05) is 25.0 Å². The molecule has 11 heteroatoms. The number of fused-ring (bicyclic) bond motifs is 2. The molecule has 2 aromatic rings. The first-order chi connectivity index (χ1) is 17.2. The Labute approximate surface area is 227 Å². The molecule has 1 amide bonds. The lowest BCUT2D eigenvalue weighted by Crippen LogP contribution is -2.39. The fraction of sp³-hybridized carbons (Fsp3) is 0.462. The summed E-state index contributed by atoms with van der Waals surface area (Å²) < 4.78 is 39.1. The zero-order chi connectivity index (χ0) is 27.2. The number of anilines is 1. The lowest BCUT2D eigenvalue weighted by molar-refractivity contribution is -0.135. The third-order valence-corrected chi connectivity index (χ3v) is 9.09. The van der Waals surface area contributed by atoms with E-state index in [1.54, 1.807) is 23.1 Å². The van der Waals surface area contributed by atoms with Crippen LogP contribution in [-0.2, 0) is 19.6 Å².